The molecule has 32 heavy (non-hydrogen) atoms. The van der Waals surface area contributed by atoms with Gasteiger partial charge in [0.1, 0.15) is 6.10 Å². The van der Waals surface area contributed by atoms with E-state index in [1.165, 1.54) is 4.74 Å². The number of benzene rings is 2. The van der Waals surface area contributed by atoms with Crippen molar-refractivity contribution in [3.05, 3.63) is 81.6 Å². The highest BCUT2D eigenvalue weighted by molar-refractivity contribution is 6.32. The maximum absolute atomic E-state index is 12.7. The monoisotopic (exact) mass is 456 g/mol. The normalized spacial score (nSPS) is 15.4. The van der Waals surface area contributed by atoms with Crippen LogP contribution in [-0.2, 0) is 27.2 Å². The zero-order valence-electron chi connectivity index (χ0n) is 17.6. The molecular formula is C24H25ClN2O5. The highest BCUT2D eigenvalue weighted by Gasteiger charge is 2.25. The van der Waals surface area contributed by atoms with Crippen LogP contribution in [0.4, 0.5) is 0 Å². The summed E-state index contributed by atoms with van der Waals surface area (Å²) in [5.41, 5.74) is 1.13. The quantitative estimate of drug-likeness (QED) is 0.484. The van der Waals surface area contributed by atoms with Crippen LogP contribution >= 0.6 is 11.6 Å². The molecule has 7 nitrogen and oxygen atoms in total. The summed E-state index contributed by atoms with van der Waals surface area (Å²) in [4.78, 5) is 27.5. The molecule has 0 aliphatic carbocycles. The molecule has 1 saturated heterocycles. The van der Waals surface area contributed by atoms with Crippen LogP contribution in [0.1, 0.15) is 5.56 Å². The van der Waals surface area contributed by atoms with Crippen molar-refractivity contribution in [2.45, 2.75) is 19.1 Å². The van der Waals surface area contributed by atoms with Crippen molar-refractivity contribution in [2.24, 2.45) is 0 Å². The molecule has 0 radical (unpaired) electrons. The van der Waals surface area contributed by atoms with Crippen molar-refractivity contribution >= 4 is 17.6 Å². The van der Waals surface area contributed by atoms with Crippen molar-refractivity contribution in [1.82, 2.24) is 9.64 Å². The smallest absolute Gasteiger partial charge is 0.310 e. The average molecular weight is 457 g/mol. The molecule has 0 spiro atoms. The SMILES string of the molecule is O=C(Cc1ccccc1)OC(CN1CCOCC1)Cn1oc(-c2ccccc2)c(Cl)c1=O. The topological polar surface area (TPSA) is 73.9 Å². The first-order chi connectivity index (χ1) is 15.6. The lowest BCUT2D eigenvalue weighted by molar-refractivity contribution is -0.151. The van der Waals surface area contributed by atoms with Crippen LogP contribution in [0.25, 0.3) is 11.3 Å². The van der Waals surface area contributed by atoms with Crippen LogP contribution in [0.15, 0.2) is 70.0 Å². The number of rotatable bonds is 8. The number of carbonyl (C=O) groups excluding carboxylic acids is 1. The third-order valence-electron chi connectivity index (χ3n) is 5.28. The van der Waals surface area contributed by atoms with Gasteiger partial charge in [0.2, 0.25) is 0 Å². The number of ether oxygens (including phenoxy) is 2. The maximum Gasteiger partial charge on any atom is 0.310 e. The maximum atomic E-state index is 12.7. The van der Waals surface area contributed by atoms with E-state index < -0.39 is 11.7 Å². The number of aromatic nitrogens is 1. The van der Waals surface area contributed by atoms with Crippen molar-refractivity contribution in [2.75, 3.05) is 32.8 Å². The third kappa shape index (κ3) is 5.68. The van der Waals surface area contributed by atoms with Gasteiger partial charge in [0.05, 0.1) is 26.2 Å². The van der Waals surface area contributed by atoms with E-state index in [0.717, 1.165) is 18.7 Å². The Balaban J connectivity index is 1.52. The summed E-state index contributed by atoms with van der Waals surface area (Å²) in [6.45, 7) is 3.24. The summed E-state index contributed by atoms with van der Waals surface area (Å²) >= 11 is 6.28. The molecule has 3 aromatic rings. The summed E-state index contributed by atoms with van der Waals surface area (Å²) in [6.07, 6.45) is -0.420. The van der Waals surface area contributed by atoms with Gasteiger partial charge in [-0.2, -0.15) is 4.74 Å². The van der Waals surface area contributed by atoms with Gasteiger partial charge in [0.15, 0.2) is 10.8 Å². The fraction of sp³-hybridized carbons (Fsp3) is 0.333. The first kappa shape index (κ1) is 22.3. The van der Waals surface area contributed by atoms with E-state index in [1.807, 2.05) is 60.7 Å². The zero-order chi connectivity index (χ0) is 22.3. The van der Waals surface area contributed by atoms with Crippen LogP contribution in [0, 0.1) is 0 Å². The molecule has 168 valence electrons. The molecule has 0 bridgehead atoms. The minimum atomic E-state index is -0.576. The van der Waals surface area contributed by atoms with Crippen molar-refractivity contribution < 1.29 is 18.8 Å². The Kier molecular flexibility index (Phi) is 7.42. The molecular weight excluding hydrogens is 432 g/mol. The standard InChI is InChI=1S/C24H25ClN2O5/c25-22-23(19-9-5-2-6-10-19)32-27(24(22)29)17-20(16-26-11-13-30-14-12-26)31-21(28)15-18-7-3-1-4-8-18/h1-10,20H,11-17H2. The molecule has 0 amide bonds. The van der Waals surface area contributed by atoms with E-state index in [0.29, 0.717) is 31.1 Å². The molecule has 1 aliphatic rings. The minimum Gasteiger partial charge on any atom is -0.459 e. The van der Waals surface area contributed by atoms with Gasteiger partial charge in [-0.3, -0.25) is 14.5 Å². The second-order valence-electron chi connectivity index (χ2n) is 7.65. The van der Waals surface area contributed by atoms with Crippen LogP contribution in [-0.4, -0.2) is 54.6 Å². The molecule has 2 aromatic carbocycles. The minimum absolute atomic E-state index is 0.0111. The van der Waals surface area contributed by atoms with Gasteiger partial charge in [-0.25, -0.2) is 0 Å². The van der Waals surface area contributed by atoms with E-state index in [1.54, 1.807) is 0 Å². The van der Waals surface area contributed by atoms with Crippen molar-refractivity contribution in [1.29, 1.82) is 0 Å². The van der Waals surface area contributed by atoms with Gasteiger partial charge in [-0.1, -0.05) is 72.3 Å². The number of morpholine rings is 1. The lowest BCUT2D eigenvalue weighted by Gasteiger charge is -2.30. The summed E-state index contributed by atoms with van der Waals surface area (Å²) in [5, 5.41) is 0.0111. The Morgan fingerprint density at radius 2 is 1.66 bits per heavy atom. The van der Waals surface area contributed by atoms with Crippen LogP contribution in [0.2, 0.25) is 5.02 Å². The van der Waals surface area contributed by atoms with Crippen LogP contribution in [0.3, 0.4) is 0 Å². The average Bonchev–Trinajstić information content (AvgIpc) is 3.09. The van der Waals surface area contributed by atoms with Gasteiger partial charge in [-0.15, -0.1) is 0 Å². The number of carbonyl (C=O) groups is 1. The lowest BCUT2D eigenvalue weighted by atomic mass is 10.1. The van der Waals surface area contributed by atoms with E-state index in [4.69, 9.17) is 25.6 Å². The number of nitrogens with zero attached hydrogens (tertiary/aromatic N) is 2. The molecule has 1 unspecified atom stereocenters. The first-order valence-electron chi connectivity index (χ1n) is 10.6. The van der Waals surface area contributed by atoms with Gasteiger partial charge in [-0.05, 0) is 5.56 Å². The predicted molar refractivity (Wildman–Crippen MR) is 121 cm³/mol. The van der Waals surface area contributed by atoms with Gasteiger partial charge in [0.25, 0.3) is 0 Å². The Morgan fingerprint density at radius 3 is 2.34 bits per heavy atom. The Bertz CT molecular complexity index is 1070. The predicted octanol–water partition coefficient (Wildman–Crippen LogP) is 3.25. The van der Waals surface area contributed by atoms with Gasteiger partial charge < -0.3 is 14.0 Å². The van der Waals surface area contributed by atoms with Gasteiger partial charge >= 0.3 is 11.5 Å². The second kappa shape index (κ2) is 10.6. The fourth-order valence-electron chi connectivity index (χ4n) is 3.67. The highest BCUT2D eigenvalue weighted by atomic mass is 35.5. The molecule has 0 N–H and O–H groups in total. The molecule has 1 aliphatic heterocycles. The van der Waals surface area contributed by atoms with Crippen molar-refractivity contribution in [3.8, 4) is 11.3 Å². The number of esters is 1. The van der Waals surface area contributed by atoms with Crippen molar-refractivity contribution in [3.63, 3.8) is 0 Å². The molecule has 1 atom stereocenters. The lowest BCUT2D eigenvalue weighted by Crippen LogP contribution is -2.44. The Hall–Kier alpha value is -2.87. The van der Waals surface area contributed by atoms with E-state index in [2.05, 4.69) is 4.90 Å². The molecule has 8 heteroatoms. The first-order valence-corrected chi connectivity index (χ1v) is 11.0. The molecule has 1 aromatic heterocycles. The molecule has 0 saturated carbocycles. The summed E-state index contributed by atoms with van der Waals surface area (Å²) in [7, 11) is 0. The number of hydrogen-bond acceptors (Lipinski definition) is 6. The zero-order valence-corrected chi connectivity index (χ0v) is 18.4. The van der Waals surface area contributed by atoms with E-state index >= 15 is 0 Å². The largest absolute Gasteiger partial charge is 0.459 e. The Morgan fingerprint density at radius 1 is 1.00 bits per heavy atom. The van der Waals surface area contributed by atoms with Gasteiger partial charge in [0, 0.05) is 25.2 Å². The van der Waals surface area contributed by atoms with E-state index in [-0.39, 0.29) is 24.0 Å². The summed E-state index contributed by atoms with van der Waals surface area (Å²) in [6, 6.07) is 18.6. The molecule has 2 heterocycles. The number of halogens is 1. The molecule has 4 rings (SSSR count). The molecule has 1 fully saturated rings. The third-order valence-corrected chi connectivity index (χ3v) is 5.61. The van der Waals surface area contributed by atoms with Crippen LogP contribution in [0.5, 0.6) is 0 Å². The van der Waals surface area contributed by atoms with Crippen LogP contribution < -0.4 is 5.56 Å². The highest BCUT2D eigenvalue weighted by Crippen LogP contribution is 2.25. The number of hydrogen-bond donors (Lipinski definition) is 0. The fourth-order valence-corrected chi connectivity index (χ4v) is 3.90. The summed E-state index contributed by atoms with van der Waals surface area (Å²) in [5.74, 6) is -0.0542. The summed E-state index contributed by atoms with van der Waals surface area (Å²) < 4.78 is 18.2. The Labute approximate surface area is 191 Å². The van der Waals surface area contributed by atoms with E-state index in [9.17, 15) is 9.59 Å². The second-order valence-corrected chi connectivity index (χ2v) is 8.03.